The van der Waals surface area contributed by atoms with Crippen LogP contribution in [0.25, 0.3) is 93.6 Å². The van der Waals surface area contributed by atoms with Crippen molar-refractivity contribution < 1.29 is 4.42 Å². The maximum Gasteiger partial charge on any atom is 0.136 e. The molecule has 0 aliphatic rings. The summed E-state index contributed by atoms with van der Waals surface area (Å²) >= 11 is 0. The van der Waals surface area contributed by atoms with E-state index in [0.29, 0.717) is 0 Å². The lowest BCUT2D eigenvalue weighted by Crippen LogP contribution is -2.14. The number of benzene rings is 10. The second-order valence-corrected chi connectivity index (χ2v) is 15.7. The van der Waals surface area contributed by atoms with E-state index in [9.17, 15) is 0 Å². The van der Waals surface area contributed by atoms with Gasteiger partial charge in [0.15, 0.2) is 0 Å². The average Bonchev–Trinajstić information content (AvgIpc) is 3.88. The van der Waals surface area contributed by atoms with E-state index in [1.54, 1.807) is 0 Å². The SMILES string of the molecule is c1ccc(-c2ccc(-c3ccc4ccccc4c3)cc2N(c2ccc(-c3cccc4oc5ccccc5c34)cc2)c2ccccc2-n2c3ccccc3c3ccccc32)cc1. The highest BCUT2D eigenvalue weighted by Crippen LogP contribution is 2.47. The summed E-state index contributed by atoms with van der Waals surface area (Å²) in [6, 6.07) is 83.2. The molecule has 3 heteroatoms. The van der Waals surface area contributed by atoms with Crippen molar-refractivity contribution in [1.82, 2.24) is 4.57 Å². The monoisotopic (exact) mass is 778 g/mol. The normalized spacial score (nSPS) is 11.6. The number of nitrogens with zero attached hydrogens (tertiary/aromatic N) is 2. The Labute approximate surface area is 353 Å². The Morgan fingerprint density at radius 2 is 0.934 bits per heavy atom. The molecule has 0 bridgehead atoms. The number of hydrogen-bond acceptors (Lipinski definition) is 2. The number of rotatable bonds is 7. The van der Waals surface area contributed by atoms with Gasteiger partial charge < -0.3 is 13.9 Å². The van der Waals surface area contributed by atoms with Gasteiger partial charge in [0, 0.05) is 32.8 Å². The molecule has 0 N–H and O–H groups in total. The van der Waals surface area contributed by atoms with Crippen LogP contribution in [-0.2, 0) is 0 Å². The number of furan rings is 1. The number of anilines is 3. The van der Waals surface area contributed by atoms with Crippen molar-refractivity contribution >= 4 is 71.6 Å². The Morgan fingerprint density at radius 3 is 1.74 bits per heavy atom. The molecule has 2 heterocycles. The van der Waals surface area contributed by atoms with Crippen molar-refractivity contribution in [2.75, 3.05) is 4.90 Å². The van der Waals surface area contributed by atoms with Crippen molar-refractivity contribution in [2.24, 2.45) is 0 Å². The molecule has 10 aromatic carbocycles. The maximum atomic E-state index is 6.32. The first-order valence-corrected chi connectivity index (χ1v) is 20.8. The van der Waals surface area contributed by atoms with Gasteiger partial charge in [0.2, 0.25) is 0 Å². The molecule has 2 aromatic heterocycles. The summed E-state index contributed by atoms with van der Waals surface area (Å²) in [7, 11) is 0. The van der Waals surface area contributed by atoms with Gasteiger partial charge in [-0.3, -0.25) is 0 Å². The average molecular weight is 779 g/mol. The van der Waals surface area contributed by atoms with Gasteiger partial charge in [-0.2, -0.15) is 0 Å². The van der Waals surface area contributed by atoms with Crippen molar-refractivity contribution in [3.05, 3.63) is 231 Å². The van der Waals surface area contributed by atoms with Gasteiger partial charge in [0.25, 0.3) is 0 Å². The molecule has 0 aliphatic heterocycles. The van der Waals surface area contributed by atoms with E-state index in [2.05, 4.69) is 228 Å². The first-order valence-electron chi connectivity index (χ1n) is 20.8. The Kier molecular flexibility index (Phi) is 8.17. The fourth-order valence-corrected chi connectivity index (χ4v) is 9.36. The molecular formula is C58H38N2O. The molecule has 3 nitrogen and oxygen atoms in total. The first-order chi connectivity index (χ1) is 30.3. The van der Waals surface area contributed by atoms with Crippen molar-refractivity contribution in [2.45, 2.75) is 0 Å². The highest BCUT2D eigenvalue weighted by Gasteiger charge is 2.24. The third-order valence-corrected chi connectivity index (χ3v) is 12.2. The zero-order chi connectivity index (χ0) is 40.3. The van der Waals surface area contributed by atoms with Crippen LogP contribution in [0, 0.1) is 0 Å². The predicted molar refractivity (Wildman–Crippen MR) is 257 cm³/mol. The summed E-state index contributed by atoms with van der Waals surface area (Å²) in [6.07, 6.45) is 0. The van der Waals surface area contributed by atoms with Crippen LogP contribution >= 0.6 is 0 Å². The van der Waals surface area contributed by atoms with Crippen LogP contribution in [0.15, 0.2) is 235 Å². The van der Waals surface area contributed by atoms with Gasteiger partial charge in [-0.1, -0.05) is 170 Å². The Morgan fingerprint density at radius 1 is 0.344 bits per heavy atom. The molecule has 0 spiro atoms. The van der Waals surface area contributed by atoms with Crippen LogP contribution in [-0.4, -0.2) is 4.57 Å². The lowest BCUT2D eigenvalue weighted by molar-refractivity contribution is 0.669. The number of para-hydroxylation sites is 5. The summed E-state index contributed by atoms with van der Waals surface area (Å²) in [5, 5.41) is 7.17. The lowest BCUT2D eigenvalue weighted by atomic mass is 9.95. The smallest absolute Gasteiger partial charge is 0.136 e. The maximum absolute atomic E-state index is 6.32. The zero-order valence-corrected chi connectivity index (χ0v) is 33.2. The molecule has 0 saturated heterocycles. The van der Waals surface area contributed by atoms with Gasteiger partial charge in [0.05, 0.1) is 28.1 Å². The number of fused-ring (bicyclic) bond motifs is 7. The number of aromatic nitrogens is 1. The first kappa shape index (κ1) is 34.9. The van der Waals surface area contributed by atoms with E-state index < -0.39 is 0 Å². The minimum atomic E-state index is 0.891. The van der Waals surface area contributed by atoms with Crippen LogP contribution in [0.5, 0.6) is 0 Å². The van der Waals surface area contributed by atoms with Gasteiger partial charge in [-0.25, -0.2) is 0 Å². The molecule has 12 rings (SSSR count). The third-order valence-electron chi connectivity index (χ3n) is 12.2. The van der Waals surface area contributed by atoms with Crippen molar-refractivity contribution in [1.29, 1.82) is 0 Å². The number of hydrogen-bond donors (Lipinski definition) is 0. The molecule has 0 atom stereocenters. The van der Waals surface area contributed by atoms with E-state index in [1.165, 1.54) is 38.1 Å². The predicted octanol–water partition coefficient (Wildman–Crippen LogP) is 16.3. The second-order valence-electron chi connectivity index (χ2n) is 15.7. The van der Waals surface area contributed by atoms with Gasteiger partial charge in [0.1, 0.15) is 11.2 Å². The summed E-state index contributed by atoms with van der Waals surface area (Å²) in [5.74, 6) is 0. The second kappa shape index (κ2) is 14.3. The fraction of sp³-hybridized carbons (Fsp3) is 0. The minimum Gasteiger partial charge on any atom is -0.456 e. The van der Waals surface area contributed by atoms with Gasteiger partial charge in [-0.05, 0) is 99.3 Å². The van der Waals surface area contributed by atoms with Crippen molar-refractivity contribution in [3.63, 3.8) is 0 Å². The van der Waals surface area contributed by atoms with E-state index >= 15 is 0 Å². The van der Waals surface area contributed by atoms with Gasteiger partial charge in [-0.15, -0.1) is 0 Å². The molecule has 12 aromatic rings. The van der Waals surface area contributed by atoms with Crippen LogP contribution in [0.2, 0.25) is 0 Å². The zero-order valence-electron chi connectivity index (χ0n) is 33.2. The molecule has 0 aliphatic carbocycles. The fourth-order valence-electron chi connectivity index (χ4n) is 9.36. The van der Waals surface area contributed by atoms with Crippen LogP contribution in [0.1, 0.15) is 0 Å². The molecule has 0 radical (unpaired) electrons. The highest BCUT2D eigenvalue weighted by atomic mass is 16.3. The van der Waals surface area contributed by atoms with E-state index in [0.717, 1.165) is 72.5 Å². The summed E-state index contributed by atoms with van der Waals surface area (Å²) in [6.45, 7) is 0. The summed E-state index contributed by atoms with van der Waals surface area (Å²) in [5.41, 5.74) is 15.3. The standard InChI is InChI=1S/C58H38N2O/c1-2-16-40(17-3-1)46-36-33-44(43-30-29-39-15-4-5-18-42(39)37-43)38-55(46)59(45-34-31-41(32-35-45)47-22-14-28-57-58(47)50-21-8-13-27-56(50)61-57)53-25-11-12-26-54(53)60-51-23-9-6-19-48(51)49-20-7-10-24-52(49)60/h1-38H. The van der Waals surface area contributed by atoms with E-state index in [-0.39, 0.29) is 0 Å². The Balaban J connectivity index is 1.12. The molecule has 0 fully saturated rings. The van der Waals surface area contributed by atoms with Crippen molar-refractivity contribution in [3.8, 4) is 39.1 Å². The largest absolute Gasteiger partial charge is 0.456 e. The van der Waals surface area contributed by atoms with Crippen LogP contribution in [0.4, 0.5) is 17.1 Å². The third kappa shape index (κ3) is 5.82. The Hall–Kier alpha value is -8.14. The lowest BCUT2D eigenvalue weighted by Gasteiger charge is -2.31. The topological polar surface area (TPSA) is 21.3 Å². The minimum absolute atomic E-state index is 0.891. The molecular weight excluding hydrogens is 741 g/mol. The van der Waals surface area contributed by atoms with Gasteiger partial charge >= 0.3 is 0 Å². The highest BCUT2D eigenvalue weighted by molar-refractivity contribution is 6.13. The molecule has 0 amide bonds. The summed E-state index contributed by atoms with van der Waals surface area (Å²) < 4.78 is 8.75. The van der Waals surface area contributed by atoms with E-state index in [4.69, 9.17) is 4.42 Å². The Bertz CT molecular complexity index is 3540. The van der Waals surface area contributed by atoms with Crippen LogP contribution in [0.3, 0.4) is 0 Å². The quantitative estimate of drug-likeness (QED) is 0.161. The molecule has 0 saturated carbocycles. The van der Waals surface area contributed by atoms with E-state index in [1.807, 2.05) is 12.1 Å². The summed E-state index contributed by atoms with van der Waals surface area (Å²) in [4.78, 5) is 2.46. The molecule has 61 heavy (non-hydrogen) atoms. The van der Waals surface area contributed by atoms with Crippen LogP contribution < -0.4 is 4.90 Å². The molecule has 286 valence electrons. The molecule has 0 unspecified atom stereocenters.